The Labute approximate surface area is 170 Å². The fourth-order valence-electron chi connectivity index (χ4n) is 2.41. The molecule has 7 heteroatoms. The molecule has 0 fully saturated rings. The van der Waals surface area contributed by atoms with Crippen LogP contribution in [0, 0.1) is 0 Å². The molecule has 148 valence electrons. The molecule has 2 amide bonds. The molecule has 0 heterocycles. The van der Waals surface area contributed by atoms with Gasteiger partial charge in [-0.25, -0.2) is 0 Å². The number of halogens is 1. The summed E-state index contributed by atoms with van der Waals surface area (Å²) in [6.07, 6.45) is 3.05. The molecule has 0 saturated heterocycles. The lowest BCUT2D eigenvalue weighted by Gasteiger charge is -2.17. The summed E-state index contributed by atoms with van der Waals surface area (Å²) >= 11 is 6.21. The SMILES string of the molecule is COc1ccc(/C=C/C(=O)NC(C)C(=O)Nc2ccc(N(C)C)c(Cl)c2)cc1. The summed E-state index contributed by atoms with van der Waals surface area (Å²) in [5.74, 6) is 0.0462. The van der Waals surface area contributed by atoms with E-state index >= 15 is 0 Å². The van der Waals surface area contributed by atoms with Crippen molar-refractivity contribution >= 4 is 40.9 Å². The second-order valence-electron chi connectivity index (χ2n) is 6.39. The van der Waals surface area contributed by atoms with Gasteiger partial charge in [-0.1, -0.05) is 23.7 Å². The van der Waals surface area contributed by atoms with Crippen molar-refractivity contribution in [2.45, 2.75) is 13.0 Å². The van der Waals surface area contributed by atoms with E-state index in [4.69, 9.17) is 16.3 Å². The zero-order valence-electron chi connectivity index (χ0n) is 16.3. The van der Waals surface area contributed by atoms with Crippen LogP contribution >= 0.6 is 11.6 Å². The van der Waals surface area contributed by atoms with E-state index in [0.29, 0.717) is 10.7 Å². The second-order valence-corrected chi connectivity index (χ2v) is 6.79. The van der Waals surface area contributed by atoms with Crippen LogP contribution in [-0.4, -0.2) is 39.1 Å². The van der Waals surface area contributed by atoms with Crippen LogP contribution < -0.4 is 20.3 Å². The van der Waals surface area contributed by atoms with Gasteiger partial charge in [0.25, 0.3) is 0 Å². The molecule has 0 saturated carbocycles. The molecule has 0 aromatic heterocycles. The number of nitrogens with zero attached hydrogens (tertiary/aromatic N) is 1. The Kier molecular flexibility index (Phi) is 7.46. The molecule has 2 rings (SSSR count). The maximum absolute atomic E-state index is 12.3. The van der Waals surface area contributed by atoms with E-state index in [1.165, 1.54) is 6.08 Å². The average molecular weight is 402 g/mol. The number of nitrogens with one attached hydrogen (secondary N) is 2. The minimum absolute atomic E-state index is 0.333. The first kappa shape index (κ1) is 21.3. The summed E-state index contributed by atoms with van der Waals surface area (Å²) in [6.45, 7) is 1.62. The second kappa shape index (κ2) is 9.80. The standard InChI is InChI=1S/C21H24ClN3O3/c1-14(21(27)24-16-8-11-19(25(2)3)18(22)13-16)23-20(26)12-7-15-5-9-17(28-4)10-6-15/h5-14H,1-4H3,(H,23,26)(H,24,27)/b12-7+. The largest absolute Gasteiger partial charge is 0.497 e. The van der Waals surface area contributed by atoms with Gasteiger partial charge in [-0.15, -0.1) is 0 Å². The van der Waals surface area contributed by atoms with E-state index in [9.17, 15) is 9.59 Å². The van der Waals surface area contributed by atoms with Gasteiger partial charge in [-0.2, -0.15) is 0 Å². The molecule has 2 N–H and O–H groups in total. The van der Waals surface area contributed by atoms with Crippen LogP contribution in [0.1, 0.15) is 12.5 Å². The highest BCUT2D eigenvalue weighted by Crippen LogP contribution is 2.27. The third-order valence-corrected chi connectivity index (χ3v) is 4.29. The monoisotopic (exact) mass is 401 g/mol. The van der Waals surface area contributed by atoms with Gasteiger partial charge in [0.1, 0.15) is 11.8 Å². The van der Waals surface area contributed by atoms with E-state index in [1.54, 1.807) is 44.4 Å². The third kappa shape index (κ3) is 6.03. The first-order valence-corrected chi connectivity index (χ1v) is 9.08. The molecule has 0 spiro atoms. The van der Waals surface area contributed by atoms with Crippen LogP contribution in [0.25, 0.3) is 6.08 Å². The topological polar surface area (TPSA) is 70.7 Å². The minimum Gasteiger partial charge on any atom is -0.497 e. The quantitative estimate of drug-likeness (QED) is 0.696. The maximum Gasteiger partial charge on any atom is 0.246 e. The first-order valence-electron chi connectivity index (χ1n) is 8.70. The Morgan fingerprint density at radius 1 is 1.14 bits per heavy atom. The highest BCUT2D eigenvalue weighted by molar-refractivity contribution is 6.33. The van der Waals surface area contributed by atoms with Crippen molar-refractivity contribution in [3.63, 3.8) is 0 Å². The van der Waals surface area contributed by atoms with Gasteiger partial charge in [0.15, 0.2) is 0 Å². The van der Waals surface area contributed by atoms with Crippen molar-refractivity contribution < 1.29 is 14.3 Å². The molecule has 0 radical (unpaired) electrons. The van der Waals surface area contributed by atoms with Gasteiger partial charge < -0.3 is 20.3 Å². The Morgan fingerprint density at radius 3 is 2.39 bits per heavy atom. The Hall–Kier alpha value is -2.99. The molecule has 0 aliphatic rings. The molecule has 0 aliphatic heterocycles. The summed E-state index contributed by atoms with van der Waals surface area (Å²) < 4.78 is 5.09. The van der Waals surface area contributed by atoms with Crippen molar-refractivity contribution in [3.8, 4) is 5.75 Å². The van der Waals surface area contributed by atoms with E-state index in [-0.39, 0.29) is 11.8 Å². The molecular formula is C21H24ClN3O3. The molecule has 28 heavy (non-hydrogen) atoms. The summed E-state index contributed by atoms with van der Waals surface area (Å²) in [5, 5.41) is 5.91. The van der Waals surface area contributed by atoms with Crippen molar-refractivity contribution in [1.29, 1.82) is 0 Å². The fraction of sp³-hybridized carbons (Fsp3) is 0.238. The minimum atomic E-state index is -0.708. The zero-order chi connectivity index (χ0) is 20.7. The van der Waals surface area contributed by atoms with E-state index < -0.39 is 6.04 Å². The van der Waals surface area contributed by atoms with Gasteiger partial charge in [0.2, 0.25) is 11.8 Å². The Balaban J connectivity index is 1.91. The third-order valence-electron chi connectivity index (χ3n) is 3.99. The number of anilines is 2. The number of rotatable bonds is 7. The normalized spacial score (nSPS) is 11.8. The smallest absolute Gasteiger partial charge is 0.246 e. The summed E-state index contributed by atoms with van der Waals surface area (Å²) in [5.41, 5.74) is 2.27. The van der Waals surface area contributed by atoms with Crippen LogP contribution in [-0.2, 0) is 9.59 Å². The summed E-state index contributed by atoms with van der Waals surface area (Å²) in [4.78, 5) is 26.2. The predicted octanol–water partition coefficient (Wildman–Crippen LogP) is 3.57. The number of ether oxygens (including phenoxy) is 1. The fourth-order valence-corrected chi connectivity index (χ4v) is 2.76. The van der Waals surface area contributed by atoms with Gasteiger partial charge in [0.05, 0.1) is 17.8 Å². The van der Waals surface area contributed by atoms with Gasteiger partial charge in [0, 0.05) is 25.9 Å². The molecule has 0 bridgehead atoms. The van der Waals surface area contributed by atoms with Crippen molar-refractivity contribution in [1.82, 2.24) is 5.32 Å². The van der Waals surface area contributed by atoms with E-state index in [2.05, 4.69) is 10.6 Å². The highest BCUT2D eigenvalue weighted by atomic mass is 35.5. The van der Waals surface area contributed by atoms with Crippen LogP contribution in [0.4, 0.5) is 11.4 Å². The number of amides is 2. The molecule has 2 aromatic carbocycles. The first-order chi connectivity index (χ1) is 13.3. The van der Waals surface area contributed by atoms with Gasteiger partial charge >= 0.3 is 0 Å². The van der Waals surface area contributed by atoms with Crippen molar-refractivity contribution in [2.75, 3.05) is 31.4 Å². The number of benzene rings is 2. The Morgan fingerprint density at radius 2 is 1.82 bits per heavy atom. The number of methoxy groups -OCH3 is 1. The molecule has 1 unspecified atom stereocenters. The van der Waals surface area contributed by atoms with E-state index in [0.717, 1.165) is 17.0 Å². The van der Waals surface area contributed by atoms with Crippen LogP contribution in [0.15, 0.2) is 48.5 Å². The lowest BCUT2D eigenvalue weighted by molar-refractivity contribution is -0.123. The summed E-state index contributed by atoms with van der Waals surface area (Å²) in [6, 6.07) is 11.8. The number of carbonyl (C=O) groups is 2. The highest BCUT2D eigenvalue weighted by Gasteiger charge is 2.15. The van der Waals surface area contributed by atoms with Crippen LogP contribution in [0.2, 0.25) is 5.02 Å². The predicted molar refractivity (Wildman–Crippen MR) is 114 cm³/mol. The maximum atomic E-state index is 12.3. The average Bonchev–Trinajstić information content (AvgIpc) is 2.66. The van der Waals surface area contributed by atoms with E-state index in [1.807, 2.05) is 37.2 Å². The van der Waals surface area contributed by atoms with Gasteiger partial charge in [-0.05, 0) is 48.9 Å². The number of hydrogen-bond donors (Lipinski definition) is 2. The number of hydrogen-bond acceptors (Lipinski definition) is 4. The lowest BCUT2D eigenvalue weighted by Crippen LogP contribution is -2.40. The Bertz CT molecular complexity index is 864. The number of carbonyl (C=O) groups excluding carboxylic acids is 2. The van der Waals surface area contributed by atoms with Gasteiger partial charge in [-0.3, -0.25) is 9.59 Å². The molecule has 0 aliphatic carbocycles. The van der Waals surface area contributed by atoms with Crippen LogP contribution in [0.5, 0.6) is 5.75 Å². The lowest BCUT2D eigenvalue weighted by atomic mass is 10.2. The zero-order valence-corrected chi connectivity index (χ0v) is 17.1. The summed E-state index contributed by atoms with van der Waals surface area (Å²) in [7, 11) is 5.36. The van der Waals surface area contributed by atoms with Crippen LogP contribution in [0.3, 0.4) is 0 Å². The molecule has 6 nitrogen and oxygen atoms in total. The molecule has 1 atom stereocenters. The molecular weight excluding hydrogens is 378 g/mol. The van der Waals surface area contributed by atoms with Crippen molar-refractivity contribution in [2.24, 2.45) is 0 Å². The molecule has 2 aromatic rings. The van der Waals surface area contributed by atoms with Crippen molar-refractivity contribution in [3.05, 3.63) is 59.1 Å².